The first-order valence-corrected chi connectivity index (χ1v) is 14.1. The molecule has 0 aromatic heterocycles. The maximum Gasteiger partial charge on any atom is 0.408 e. The zero-order chi connectivity index (χ0) is 30.4. The monoisotopic (exact) mass is 573 g/mol. The lowest BCUT2D eigenvalue weighted by atomic mass is 9.89. The number of anilines is 1. The molecule has 0 bridgehead atoms. The van der Waals surface area contributed by atoms with Crippen LogP contribution in [0.15, 0.2) is 42.5 Å². The molecule has 0 aliphatic carbocycles. The average molecular weight is 574 g/mol. The normalized spacial score (nSPS) is 14.1. The van der Waals surface area contributed by atoms with Gasteiger partial charge < -0.3 is 25.4 Å². The SMILES string of the molecule is CCC(C)C(NC(=O)OC(C)(C)C)C(=O)N(C(C(=O)Nc1c(C)cccc1Cl)c1ccccc1O)C(C)(C)CC. The molecule has 3 amide bonds. The number of nitrogens with one attached hydrogen (secondary N) is 2. The second kappa shape index (κ2) is 13.4. The van der Waals surface area contributed by atoms with E-state index in [4.69, 9.17) is 16.3 Å². The van der Waals surface area contributed by atoms with Gasteiger partial charge in [-0.25, -0.2) is 4.79 Å². The van der Waals surface area contributed by atoms with Crippen LogP contribution in [0.3, 0.4) is 0 Å². The highest BCUT2D eigenvalue weighted by Gasteiger charge is 2.45. The number of aryl methyl sites for hydroxylation is 1. The summed E-state index contributed by atoms with van der Waals surface area (Å²) in [4.78, 5) is 43.0. The van der Waals surface area contributed by atoms with Crippen molar-refractivity contribution in [2.45, 2.75) is 98.4 Å². The van der Waals surface area contributed by atoms with Crippen molar-refractivity contribution in [1.82, 2.24) is 10.2 Å². The number of phenols is 1. The summed E-state index contributed by atoms with van der Waals surface area (Å²) in [5, 5.41) is 16.9. The molecule has 3 N–H and O–H groups in total. The predicted octanol–water partition coefficient (Wildman–Crippen LogP) is 6.99. The molecular formula is C31H44ClN3O5. The van der Waals surface area contributed by atoms with Crippen LogP contribution in [-0.2, 0) is 14.3 Å². The van der Waals surface area contributed by atoms with Crippen molar-refractivity contribution >= 4 is 35.2 Å². The molecule has 0 spiro atoms. The Kier molecular flexibility index (Phi) is 11.0. The lowest BCUT2D eigenvalue weighted by Crippen LogP contribution is -2.60. The molecule has 2 rings (SSSR count). The van der Waals surface area contributed by atoms with E-state index in [2.05, 4.69) is 10.6 Å². The highest BCUT2D eigenvalue weighted by Crippen LogP contribution is 2.38. The topological polar surface area (TPSA) is 108 Å². The zero-order valence-electron chi connectivity index (χ0n) is 25.1. The largest absolute Gasteiger partial charge is 0.508 e. The number of phenolic OH excluding ortho intramolecular Hbond substituents is 1. The van der Waals surface area contributed by atoms with Gasteiger partial charge in [0.1, 0.15) is 23.4 Å². The van der Waals surface area contributed by atoms with Gasteiger partial charge in [0.05, 0.1) is 10.7 Å². The quantitative estimate of drug-likeness (QED) is 0.284. The molecule has 0 aliphatic rings. The van der Waals surface area contributed by atoms with Gasteiger partial charge >= 0.3 is 6.09 Å². The lowest BCUT2D eigenvalue weighted by molar-refractivity contribution is -0.148. The summed E-state index contributed by atoms with van der Waals surface area (Å²) < 4.78 is 5.47. The van der Waals surface area contributed by atoms with Gasteiger partial charge in [-0.05, 0) is 71.6 Å². The van der Waals surface area contributed by atoms with Gasteiger partial charge in [0.25, 0.3) is 5.91 Å². The molecular weight excluding hydrogens is 530 g/mol. The van der Waals surface area contributed by atoms with Crippen molar-refractivity contribution in [3.63, 3.8) is 0 Å². The first-order valence-electron chi connectivity index (χ1n) is 13.7. The van der Waals surface area contributed by atoms with E-state index < -0.39 is 41.1 Å². The first kappa shape index (κ1) is 32.9. The molecule has 0 saturated heterocycles. The summed E-state index contributed by atoms with van der Waals surface area (Å²) in [6.45, 7) is 16.5. The summed E-state index contributed by atoms with van der Waals surface area (Å²) in [7, 11) is 0. The Balaban J connectivity index is 2.72. The highest BCUT2D eigenvalue weighted by atomic mass is 35.5. The predicted molar refractivity (Wildman–Crippen MR) is 159 cm³/mol. The van der Waals surface area contributed by atoms with Gasteiger partial charge in [-0.2, -0.15) is 0 Å². The van der Waals surface area contributed by atoms with Crippen LogP contribution in [-0.4, -0.2) is 45.1 Å². The van der Waals surface area contributed by atoms with Gasteiger partial charge in [-0.3, -0.25) is 9.59 Å². The Morgan fingerprint density at radius 2 is 1.65 bits per heavy atom. The third-order valence-electron chi connectivity index (χ3n) is 7.11. The molecule has 0 heterocycles. The summed E-state index contributed by atoms with van der Waals surface area (Å²) in [6.07, 6.45) is 0.343. The van der Waals surface area contributed by atoms with E-state index in [0.29, 0.717) is 23.6 Å². The van der Waals surface area contributed by atoms with Crippen LogP contribution in [0.5, 0.6) is 5.75 Å². The van der Waals surface area contributed by atoms with Crippen molar-refractivity contribution in [1.29, 1.82) is 0 Å². The molecule has 9 heteroatoms. The molecule has 0 radical (unpaired) electrons. The second-order valence-corrected chi connectivity index (χ2v) is 12.2. The van der Waals surface area contributed by atoms with Crippen LogP contribution in [0.1, 0.15) is 85.4 Å². The van der Waals surface area contributed by atoms with E-state index in [1.807, 2.05) is 47.6 Å². The number of alkyl carbamates (subject to hydrolysis) is 1. The Morgan fingerprint density at radius 3 is 2.17 bits per heavy atom. The molecule has 2 aromatic carbocycles. The standard InChI is InChI=1S/C31H44ClN3O5/c1-10-19(3)25(34-29(39)40-30(5,6)7)28(38)35(31(8,9)11-2)26(21-16-12-13-18-23(21)36)27(37)33-24-20(4)15-14-17-22(24)32/h12-19,25-26,36H,10-11H2,1-9H3,(H,33,37)(H,34,39). The number of para-hydroxylation sites is 2. The average Bonchev–Trinajstić information content (AvgIpc) is 2.86. The Morgan fingerprint density at radius 1 is 1.02 bits per heavy atom. The van der Waals surface area contributed by atoms with Gasteiger partial charge in [-0.1, -0.05) is 69.1 Å². The van der Waals surface area contributed by atoms with Crippen molar-refractivity contribution in [3.8, 4) is 5.75 Å². The van der Waals surface area contributed by atoms with E-state index in [9.17, 15) is 19.5 Å². The van der Waals surface area contributed by atoms with Crippen LogP contribution in [0, 0.1) is 12.8 Å². The third-order valence-corrected chi connectivity index (χ3v) is 7.43. The van der Waals surface area contributed by atoms with Crippen molar-refractivity contribution < 1.29 is 24.2 Å². The van der Waals surface area contributed by atoms with E-state index in [0.717, 1.165) is 5.56 Å². The lowest BCUT2D eigenvalue weighted by Gasteiger charge is -2.45. The van der Waals surface area contributed by atoms with Gasteiger partial charge in [0, 0.05) is 11.1 Å². The smallest absolute Gasteiger partial charge is 0.408 e. The van der Waals surface area contributed by atoms with E-state index in [-0.39, 0.29) is 17.2 Å². The number of hydrogen-bond donors (Lipinski definition) is 3. The van der Waals surface area contributed by atoms with Crippen LogP contribution >= 0.6 is 11.6 Å². The van der Waals surface area contributed by atoms with Crippen LogP contribution in [0.25, 0.3) is 0 Å². The Bertz CT molecular complexity index is 1190. The summed E-state index contributed by atoms with van der Waals surface area (Å²) in [5.74, 6) is -1.43. The zero-order valence-corrected chi connectivity index (χ0v) is 25.8. The Labute approximate surface area is 243 Å². The second-order valence-electron chi connectivity index (χ2n) is 11.8. The van der Waals surface area contributed by atoms with E-state index >= 15 is 0 Å². The number of carbonyl (C=O) groups is 3. The maximum absolute atomic E-state index is 14.5. The molecule has 0 saturated carbocycles. The maximum atomic E-state index is 14.5. The van der Waals surface area contributed by atoms with E-state index in [1.165, 1.54) is 11.0 Å². The fraction of sp³-hybridized carbons (Fsp3) is 0.516. The third kappa shape index (κ3) is 8.13. The van der Waals surface area contributed by atoms with Crippen LogP contribution < -0.4 is 10.6 Å². The summed E-state index contributed by atoms with van der Waals surface area (Å²) in [5.41, 5.74) is -0.214. The van der Waals surface area contributed by atoms with Crippen molar-refractivity contribution in [2.24, 2.45) is 5.92 Å². The Hall–Kier alpha value is -3.26. The number of rotatable bonds is 10. The summed E-state index contributed by atoms with van der Waals surface area (Å²) >= 11 is 6.43. The fourth-order valence-electron chi connectivity index (χ4n) is 4.31. The molecule has 0 aliphatic heterocycles. The molecule has 2 aromatic rings. The van der Waals surface area contributed by atoms with Crippen molar-refractivity contribution in [2.75, 3.05) is 5.32 Å². The van der Waals surface area contributed by atoms with E-state index in [1.54, 1.807) is 51.1 Å². The number of aromatic hydroxyl groups is 1. The molecule has 0 fully saturated rings. The number of ether oxygens (including phenoxy) is 1. The number of amides is 3. The van der Waals surface area contributed by atoms with Gasteiger partial charge in [0.2, 0.25) is 5.91 Å². The number of halogens is 1. The number of benzene rings is 2. The molecule has 40 heavy (non-hydrogen) atoms. The van der Waals surface area contributed by atoms with Crippen LogP contribution in [0.2, 0.25) is 5.02 Å². The fourth-order valence-corrected chi connectivity index (χ4v) is 4.58. The van der Waals surface area contributed by atoms with Crippen LogP contribution in [0.4, 0.5) is 10.5 Å². The molecule has 3 atom stereocenters. The molecule has 220 valence electrons. The minimum atomic E-state index is -1.24. The molecule has 3 unspecified atom stereocenters. The minimum absolute atomic E-state index is 0.136. The minimum Gasteiger partial charge on any atom is -0.508 e. The van der Waals surface area contributed by atoms with Gasteiger partial charge in [-0.15, -0.1) is 0 Å². The number of hydrogen-bond acceptors (Lipinski definition) is 5. The first-order chi connectivity index (χ1) is 18.5. The molecule has 8 nitrogen and oxygen atoms in total. The highest BCUT2D eigenvalue weighted by molar-refractivity contribution is 6.34. The number of nitrogens with zero attached hydrogens (tertiary/aromatic N) is 1. The summed E-state index contributed by atoms with van der Waals surface area (Å²) in [6, 6.07) is 9.47. The number of carbonyl (C=O) groups excluding carboxylic acids is 3. The van der Waals surface area contributed by atoms with Gasteiger partial charge in [0.15, 0.2) is 0 Å². The van der Waals surface area contributed by atoms with Crippen molar-refractivity contribution in [3.05, 3.63) is 58.6 Å².